The monoisotopic (exact) mass is 473 g/mol. The summed E-state index contributed by atoms with van der Waals surface area (Å²) in [6, 6.07) is 8.15. The fourth-order valence-electron chi connectivity index (χ4n) is 3.01. The molecule has 7 heteroatoms. The predicted molar refractivity (Wildman–Crippen MR) is 119 cm³/mol. The number of rotatable bonds is 4. The minimum Gasteiger partial charge on any atom is -0.357 e. The van der Waals surface area contributed by atoms with Gasteiger partial charge >= 0.3 is 0 Å². The minimum atomic E-state index is 0. The van der Waals surface area contributed by atoms with Gasteiger partial charge in [0.05, 0.1) is 11.0 Å². The van der Waals surface area contributed by atoms with E-state index in [-0.39, 0.29) is 28.7 Å². The molecule has 25 heavy (non-hydrogen) atoms. The average molecular weight is 473 g/mol. The summed E-state index contributed by atoms with van der Waals surface area (Å²) in [5, 5.41) is 3.44. The number of aromatic nitrogens is 2. The topological polar surface area (TPSA) is 56.3 Å². The van der Waals surface area contributed by atoms with Crippen molar-refractivity contribution >= 4 is 52.7 Å². The highest BCUT2D eigenvalue weighted by molar-refractivity contribution is 14.0. The summed E-state index contributed by atoms with van der Waals surface area (Å²) in [6.07, 6.45) is 0.829. The molecule has 0 aliphatic carbocycles. The fraction of sp³-hybridized carbons (Fsp3) is 0.556. The molecular formula is C18H28IN5S. The van der Waals surface area contributed by atoms with Gasteiger partial charge in [-0.1, -0.05) is 12.1 Å². The Balaban J connectivity index is 0.00000225. The zero-order valence-corrected chi connectivity index (χ0v) is 18.4. The number of guanidine groups is 1. The van der Waals surface area contributed by atoms with Gasteiger partial charge in [-0.05, 0) is 32.9 Å². The summed E-state index contributed by atoms with van der Waals surface area (Å²) >= 11 is 2.04. The highest BCUT2D eigenvalue weighted by Crippen LogP contribution is 2.29. The van der Waals surface area contributed by atoms with Crippen molar-refractivity contribution in [1.82, 2.24) is 20.2 Å². The molecular weight excluding hydrogens is 445 g/mol. The van der Waals surface area contributed by atoms with Gasteiger partial charge in [0.1, 0.15) is 5.82 Å². The van der Waals surface area contributed by atoms with Crippen molar-refractivity contribution in [1.29, 1.82) is 0 Å². The second-order valence-corrected chi connectivity index (χ2v) is 8.52. The normalized spacial score (nSPS) is 17.4. The number of hydrogen-bond acceptors (Lipinski definition) is 3. The van der Waals surface area contributed by atoms with E-state index in [1.54, 1.807) is 0 Å². The summed E-state index contributed by atoms with van der Waals surface area (Å²) in [7, 11) is 0. The van der Waals surface area contributed by atoms with Crippen molar-refractivity contribution in [2.75, 3.05) is 31.9 Å². The second-order valence-electron chi connectivity index (χ2n) is 6.72. The second kappa shape index (κ2) is 9.12. The van der Waals surface area contributed by atoms with Crippen LogP contribution in [0.15, 0.2) is 29.3 Å². The first kappa shape index (κ1) is 20.4. The maximum Gasteiger partial charge on any atom is 0.194 e. The number of hydrogen-bond donors (Lipinski definition) is 2. The lowest BCUT2D eigenvalue weighted by atomic mass is 10.2. The zero-order valence-electron chi connectivity index (χ0n) is 15.2. The van der Waals surface area contributed by atoms with Crippen molar-refractivity contribution in [3.63, 3.8) is 0 Å². The van der Waals surface area contributed by atoms with E-state index in [4.69, 9.17) is 4.99 Å². The van der Waals surface area contributed by atoms with Crippen molar-refractivity contribution in [2.24, 2.45) is 4.99 Å². The molecule has 0 unspecified atom stereocenters. The summed E-state index contributed by atoms with van der Waals surface area (Å²) in [5.74, 6) is 3.19. The molecule has 0 atom stereocenters. The van der Waals surface area contributed by atoms with Crippen LogP contribution in [0.4, 0.5) is 0 Å². The Hall–Kier alpha value is -0.960. The van der Waals surface area contributed by atoms with Gasteiger partial charge in [-0.25, -0.2) is 4.98 Å². The molecule has 2 aromatic rings. The van der Waals surface area contributed by atoms with Crippen molar-refractivity contribution in [3.8, 4) is 0 Å². The van der Waals surface area contributed by atoms with Gasteiger partial charge in [0.2, 0.25) is 0 Å². The first-order valence-corrected chi connectivity index (χ1v) is 9.67. The number of imidazole rings is 1. The van der Waals surface area contributed by atoms with Gasteiger partial charge in [-0.2, -0.15) is 11.8 Å². The van der Waals surface area contributed by atoms with Gasteiger partial charge in [-0.3, -0.25) is 4.99 Å². The molecule has 1 saturated heterocycles. The van der Waals surface area contributed by atoms with Crippen LogP contribution in [0.3, 0.4) is 0 Å². The van der Waals surface area contributed by atoms with Crippen LogP contribution >= 0.6 is 35.7 Å². The molecule has 0 radical (unpaired) electrons. The quantitative estimate of drug-likeness (QED) is 0.406. The molecule has 1 fully saturated rings. The molecule has 0 bridgehead atoms. The van der Waals surface area contributed by atoms with E-state index in [1.807, 2.05) is 30.0 Å². The number of para-hydroxylation sites is 2. The summed E-state index contributed by atoms with van der Waals surface area (Å²) in [5.41, 5.74) is 2.12. The molecule has 2 N–H and O–H groups in total. The first-order chi connectivity index (χ1) is 11.6. The van der Waals surface area contributed by atoms with Crippen LogP contribution in [0.1, 0.15) is 26.6 Å². The number of halogens is 1. The van der Waals surface area contributed by atoms with Crippen LogP contribution in [-0.4, -0.2) is 57.5 Å². The third-order valence-corrected chi connectivity index (χ3v) is 5.41. The number of aliphatic imine (C=N–C) groups is 1. The molecule has 0 spiro atoms. The largest absolute Gasteiger partial charge is 0.357 e. The Morgan fingerprint density at radius 3 is 2.92 bits per heavy atom. The smallest absolute Gasteiger partial charge is 0.194 e. The van der Waals surface area contributed by atoms with E-state index in [0.29, 0.717) is 0 Å². The van der Waals surface area contributed by atoms with Crippen molar-refractivity contribution < 1.29 is 0 Å². The Labute approximate surface area is 171 Å². The number of nitrogens with one attached hydrogen (secondary N) is 2. The molecule has 138 valence electrons. The molecule has 1 aliphatic heterocycles. The number of fused-ring (bicyclic) bond motifs is 1. The standard InChI is InChI=1S/C18H27N5S.HI/c1-4-19-17(23-11-12-24-18(2,3)13-23)20-10-9-16-21-14-7-5-6-8-15(14)22-16;/h5-8H,4,9-13H2,1-3H3,(H,19,20)(H,21,22);1H. The number of aromatic amines is 1. The molecule has 0 saturated carbocycles. The van der Waals surface area contributed by atoms with Crippen LogP contribution in [0, 0.1) is 0 Å². The number of H-pyrrole nitrogens is 1. The Bertz CT molecular complexity index is 679. The highest BCUT2D eigenvalue weighted by Gasteiger charge is 2.28. The van der Waals surface area contributed by atoms with Crippen LogP contribution < -0.4 is 5.32 Å². The van der Waals surface area contributed by atoms with E-state index in [1.165, 1.54) is 0 Å². The van der Waals surface area contributed by atoms with Crippen LogP contribution in [0.25, 0.3) is 11.0 Å². The van der Waals surface area contributed by atoms with Gasteiger partial charge in [0.15, 0.2) is 5.96 Å². The third-order valence-electron chi connectivity index (χ3n) is 4.11. The van der Waals surface area contributed by atoms with Crippen molar-refractivity contribution in [2.45, 2.75) is 31.9 Å². The number of benzene rings is 1. The third kappa shape index (κ3) is 5.51. The first-order valence-electron chi connectivity index (χ1n) is 8.68. The highest BCUT2D eigenvalue weighted by atomic mass is 127. The van der Waals surface area contributed by atoms with E-state index in [9.17, 15) is 0 Å². The molecule has 1 aliphatic rings. The Morgan fingerprint density at radius 1 is 1.40 bits per heavy atom. The Morgan fingerprint density at radius 2 is 2.20 bits per heavy atom. The van der Waals surface area contributed by atoms with E-state index in [0.717, 1.165) is 61.2 Å². The van der Waals surface area contributed by atoms with Gasteiger partial charge in [0, 0.05) is 43.1 Å². The van der Waals surface area contributed by atoms with Crippen LogP contribution in [0.5, 0.6) is 0 Å². The average Bonchev–Trinajstić information content (AvgIpc) is 2.96. The summed E-state index contributed by atoms with van der Waals surface area (Å²) < 4.78 is 0.285. The molecule has 0 amide bonds. The molecule has 2 heterocycles. The maximum atomic E-state index is 4.83. The predicted octanol–water partition coefficient (Wildman–Crippen LogP) is 3.52. The maximum absolute atomic E-state index is 4.83. The van der Waals surface area contributed by atoms with E-state index >= 15 is 0 Å². The lowest BCUT2D eigenvalue weighted by Crippen LogP contribution is -2.51. The lowest BCUT2D eigenvalue weighted by Gasteiger charge is -2.39. The van der Waals surface area contributed by atoms with E-state index in [2.05, 4.69) is 47.0 Å². The van der Waals surface area contributed by atoms with Crippen LogP contribution in [0.2, 0.25) is 0 Å². The zero-order chi connectivity index (χ0) is 17.0. The SMILES string of the molecule is CCNC(=NCCc1nc2ccccc2[nH]1)N1CCSC(C)(C)C1.I. The van der Waals surface area contributed by atoms with Gasteiger partial charge in [0.25, 0.3) is 0 Å². The molecule has 5 nitrogen and oxygen atoms in total. The molecule has 1 aromatic carbocycles. The van der Waals surface area contributed by atoms with Gasteiger partial charge in [-0.15, -0.1) is 24.0 Å². The Kier molecular flexibility index (Phi) is 7.42. The molecule has 1 aromatic heterocycles. The van der Waals surface area contributed by atoms with E-state index < -0.39 is 0 Å². The lowest BCUT2D eigenvalue weighted by molar-refractivity contribution is 0.376. The molecule has 3 rings (SSSR count). The minimum absolute atomic E-state index is 0. The van der Waals surface area contributed by atoms with Gasteiger partial charge < -0.3 is 15.2 Å². The van der Waals surface area contributed by atoms with Crippen LogP contribution in [-0.2, 0) is 6.42 Å². The fourth-order valence-corrected chi connectivity index (χ4v) is 4.13. The summed E-state index contributed by atoms with van der Waals surface area (Å²) in [6.45, 7) is 10.5. The number of thioether (sulfide) groups is 1. The summed E-state index contributed by atoms with van der Waals surface area (Å²) in [4.78, 5) is 15.2. The van der Waals surface area contributed by atoms with Crippen molar-refractivity contribution in [3.05, 3.63) is 30.1 Å². The number of nitrogens with zero attached hydrogens (tertiary/aromatic N) is 3.